The van der Waals surface area contributed by atoms with Crippen LogP contribution in [0.4, 0.5) is 5.69 Å². The molecule has 0 fully saturated rings. The van der Waals surface area contributed by atoms with Gasteiger partial charge in [0.2, 0.25) is 5.91 Å². The monoisotopic (exact) mass is 206 g/mol. The minimum absolute atomic E-state index is 0.0288. The maximum atomic E-state index is 11.5. The summed E-state index contributed by atoms with van der Waals surface area (Å²) in [6, 6.07) is 5.74. The summed E-state index contributed by atoms with van der Waals surface area (Å²) in [6.07, 6.45) is 0.873. The fourth-order valence-electron chi connectivity index (χ4n) is 1.87. The summed E-state index contributed by atoms with van der Waals surface area (Å²) >= 11 is 0. The average Bonchev–Trinajstić information content (AvgIpc) is 2.70. The molecule has 0 atom stereocenters. The molecule has 1 aliphatic heterocycles. The van der Waals surface area contributed by atoms with Crippen molar-refractivity contribution in [3.63, 3.8) is 0 Å². The van der Waals surface area contributed by atoms with Crippen LogP contribution in [-0.4, -0.2) is 26.1 Å². The van der Waals surface area contributed by atoms with Crippen molar-refractivity contribution in [2.24, 2.45) is 5.73 Å². The van der Waals surface area contributed by atoms with E-state index in [1.165, 1.54) is 0 Å². The lowest BCUT2D eigenvalue weighted by Gasteiger charge is -2.16. The van der Waals surface area contributed by atoms with Crippen LogP contribution in [0, 0.1) is 0 Å². The molecule has 1 heterocycles. The lowest BCUT2D eigenvalue weighted by atomic mass is 10.1. The molecule has 2 rings (SSSR count). The average molecular weight is 206 g/mol. The number of hydrogen-bond acceptors (Lipinski definition) is 3. The van der Waals surface area contributed by atoms with E-state index in [2.05, 4.69) is 0 Å². The van der Waals surface area contributed by atoms with E-state index in [0.29, 0.717) is 0 Å². The second-order valence-corrected chi connectivity index (χ2v) is 3.49. The Morgan fingerprint density at radius 2 is 2.40 bits per heavy atom. The maximum absolute atomic E-state index is 11.5. The Morgan fingerprint density at radius 3 is 3.07 bits per heavy atom. The number of methoxy groups -OCH3 is 1. The van der Waals surface area contributed by atoms with E-state index in [1.54, 1.807) is 12.0 Å². The maximum Gasteiger partial charge on any atom is 0.240 e. The zero-order chi connectivity index (χ0) is 10.8. The van der Waals surface area contributed by atoms with Gasteiger partial charge in [-0.15, -0.1) is 0 Å². The smallest absolute Gasteiger partial charge is 0.240 e. The van der Waals surface area contributed by atoms with E-state index in [1.807, 2.05) is 18.2 Å². The third kappa shape index (κ3) is 1.68. The summed E-state index contributed by atoms with van der Waals surface area (Å²) in [7, 11) is 1.64. The third-order valence-corrected chi connectivity index (χ3v) is 2.66. The fourth-order valence-corrected chi connectivity index (χ4v) is 1.87. The third-order valence-electron chi connectivity index (χ3n) is 2.66. The Hall–Kier alpha value is -1.55. The minimum atomic E-state index is -0.0288. The molecule has 15 heavy (non-hydrogen) atoms. The van der Waals surface area contributed by atoms with Crippen LogP contribution >= 0.6 is 0 Å². The summed E-state index contributed by atoms with van der Waals surface area (Å²) in [6.45, 7) is 0.782. The number of nitrogens with two attached hydrogens (primary N) is 1. The van der Waals surface area contributed by atoms with E-state index in [4.69, 9.17) is 10.5 Å². The molecule has 1 aromatic rings. The summed E-state index contributed by atoms with van der Waals surface area (Å²) in [5.41, 5.74) is 7.46. The predicted molar refractivity (Wildman–Crippen MR) is 58.1 cm³/mol. The summed E-state index contributed by atoms with van der Waals surface area (Å²) < 4.78 is 5.13. The standard InChI is InChI=1S/C11H14N2O2/c1-15-9-2-3-10-8(6-9)4-5-13(10)11(14)7-12/h2-3,6H,4-5,7,12H2,1H3. The quantitative estimate of drug-likeness (QED) is 0.768. The first-order chi connectivity index (χ1) is 7.26. The van der Waals surface area contributed by atoms with Crippen molar-refractivity contribution in [1.82, 2.24) is 0 Å². The van der Waals surface area contributed by atoms with E-state index >= 15 is 0 Å². The van der Waals surface area contributed by atoms with Crippen molar-refractivity contribution >= 4 is 11.6 Å². The van der Waals surface area contributed by atoms with Gasteiger partial charge in [-0.1, -0.05) is 0 Å². The molecule has 2 N–H and O–H groups in total. The molecule has 0 aromatic heterocycles. The van der Waals surface area contributed by atoms with Gasteiger partial charge >= 0.3 is 0 Å². The lowest BCUT2D eigenvalue weighted by Crippen LogP contribution is -2.34. The van der Waals surface area contributed by atoms with E-state index in [9.17, 15) is 4.79 Å². The molecule has 1 aromatic carbocycles. The van der Waals surface area contributed by atoms with Gasteiger partial charge in [-0.3, -0.25) is 4.79 Å². The Morgan fingerprint density at radius 1 is 1.60 bits per heavy atom. The number of hydrogen-bond donors (Lipinski definition) is 1. The predicted octanol–water partition coefficient (Wildman–Crippen LogP) is 0.543. The normalized spacial score (nSPS) is 13.9. The first-order valence-corrected chi connectivity index (χ1v) is 4.93. The van der Waals surface area contributed by atoms with Crippen LogP contribution in [0.1, 0.15) is 5.56 Å². The molecule has 0 saturated heterocycles. The Labute approximate surface area is 88.6 Å². The molecule has 4 heteroatoms. The van der Waals surface area contributed by atoms with E-state index in [-0.39, 0.29) is 12.5 Å². The van der Waals surface area contributed by atoms with Crippen molar-refractivity contribution in [2.75, 3.05) is 25.1 Å². The number of nitrogens with zero attached hydrogens (tertiary/aromatic N) is 1. The molecule has 1 amide bonds. The SMILES string of the molecule is COc1ccc2c(c1)CCN2C(=O)CN. The molecular formula is C11H14N2O2. The minimum Gasteiger partial charge on any atom is -0.497 e. The van der Waals surface area contributed by atoms with Crippen LogP contribution in [0.15, 0.2) is 18.2 Å². The van der Waals surface area contributed by atoms with Gasteiger partial charge in [0.1, 0.15) is 5.75 Å². The number of amides is 1. The van der Waals surface area contributed by atoms with Crippen LogP contribution in [0.2, 0.25) is 0 Å². The molecule has 0 radical (unpaired) electrons. The Kier molecular flexibility index (Phi) is 2.60. The van der Waals surface area contributed by atoms with Crippen LogP contribution < -0.4 is 15.4 Å². The van der Waals surface area contributed by atoms with Gasteiger partial charge in [0, 0.05) is 12.2 Å². The number of rotatable bonds is 2. The summed E-state index contributed by atoms with van der Waals surface area (Å²) in [5.74, 6) is 0.801. The number of carbonyl (C=O) groups is 1. The van der Waals surface area contributed by atoms with E-state index in [0.717, 1.165) is 30.0 Å². The van der Waals surface area contributed by atoms with Gasteiger partial charge in [0.25, 0.3) is 0 Å². The molecule has 4 nitrogen and oxygen atoms in total. The Bertz CT molecular complexity index is 390. The molecule has 1 aliphatic rings. The fraction of sp³-hybridized carbons (Fsp3) is 0.364. The molecule has 0 bridgehead atoms. The second-order valence-electron chi connectivity index (χ2n) is 3.49. The zero-order valence-electron chi connectivity index (χ0n) is 8.69. The van der Waals surface area contributed by atoms with Gasteiger partial charge < -0.3 is 15.4 Å². The zero-order valence-corrected chi connectivity index (χ0v) is 8.69. The number of anilines is 1. The van der Waals surface area contributed by atoms with Crippen LogP contribution in [-0.2, 0) is 11.2 Å². The van der Waals surface area contributed by atoms with Gasteiger partial charge in [-0.25, -0.2) is 0 Å². The molecule has 80 valence electrons. The lowest BCUT2D eigenvalue weighted by molar-refractivity contribution is -0.117. The van der Waals surface area contributed by atoms with Crippen LogP contribution in [0.3, 0.4) is 0 Å². The first kappa shape index (κ1) is 9.98. The highest BCUT2D eigenvalue weighted by molar-refractivity contribution is 5.96. The Balaban J connectivity index is 2.32. The van der Waals surface area contributed by atoms with Gasteiger partial charge in [0.15, 0.2) is 0 Å². The first-order valence-electron chi connectivity index (χ1n) is 4.93. The van der Waals surface area contributed by atoms with Gasteiger partial charge in [-0.05, 0) is 30.2 Å². The largest absolute Gasteiger partial charge is 0.497 e. The molecule has 0 aliphatic carbocycles. The highest BCUT2D eigenvalue weighted by Gasteiger charge is 2.23. The van der Waals surface area contributed by atoms with Crippen molar-refractivity contribution in [3.05, 3.63) is 23.8 Å². The second kappa shape index (κ2) is 3.90. The topological polar surface area (TPSA) is 55.6 Å². The summed E-state index contributed by atoms with van der Waals surface area (Å²) in [4.78, 5) is 13.2. The van der Waals surface area contributed by atoms with E-state index < -0.39 is 0 Å². The van der Waals surface area contributed by atoms with Crippen molar-refractivity contribution < 1.29 is 9.53 Å². The molecule has 0 spiro atoms. The van der Waals surface area contributed by atoms with Crippen molar-refractivity contribution in [3.8, 4) is 5.75 Å². The molecule has 0 unspecified atom stereocenters. The number of fused-ring (bicyclic) bond motifs is 1. The highest BCUT2D eigenvalue weighted by atomic mass is 16.5. The molecule has 0 saturated carbocycles. The highest BCUT2D eigenvalue weighted by Crippen LogP contribution is 2.30. The number of carbonyl (C=O) groups excluding carboxylic acids is 1. The van der Waals surface area contributed by atoms with Crippen LogP contribution in [0.5, 0.6) is 5.75 Å². The van der Waals surface area contributed by atoms with Crippen molar-refractivity contribution in [1.29, 1.82) is 0 Å². The van der Waals surface area contributed by atoms with Gasteiger partial charge in [-0.2, -0.15) is 0 Å². The molecular weight excluding hydrogens is 192 g/mol. The van der Waals surface area contributed by atoms with Crippen LogP contribution in [0.25, 0.3) is 0 Å². The summed E-state index contributed by atoms with van der Waals surface area (Å²) in [5, 5.41) is 0. The van der Waals surface area contributed by atoms with Gasteiger partial charge in [0.05, 0.1) is 13.7 Å². The number of ether oxygens (including phenoxy) is 1. The number of benzene rings is 1. The van der Waals surface area contributed by atoms with Crippen molar-refractivity contribution in [2.45, 2.75) is 6.42 Å².